The smallest absolute Gasteiger partial charge is 0.497 e. The van der Waals surface area contributed by atoms with Crippen LogP contribution in [0, 0.1) is 31.1 Å². The number of imidazole rings is 2. The highest BCUT2D eigenvalue weighted by atomic mass is 35.5. The minimum absolute atomic E-state index is 0.00486. The number of methoxy groups -OCH3 is 2. The van der Waals surface area contributed by atoms with Gasteiger partial charge in [0.1, 0.15) is 71.7 Å². The molecular formula is C83H90Cl2N14O17P2. The second kappa shape index (κ2) is 36.5. The van der Waals surface area contributed by atoms with E-state index in [0.717, 1.165) is 16.7 Å². The van der Waals surface area contributed by atoms with Crippen molar-refractivity contribution in [3.63, 3.8) is 0 Å². The highest BCUT2D eigenvalue weighted by molar-refractivity contribution is 7.49. The molecule has 4 aliphatic heterocycles. The molecule has 6 aromatic carbocycles. The van der Waals surface area contributed by atoms with E-state index in [0.29, 0.717) is 45.3 Å². The van der Waals surface area contributed by atoms with E-state index in [9.17, 15) is 29.2 Å². The van der Waals surface area contributed by atoms with Crippen LogP contribution in [0.1, 0.15) is 159 Å². The van der Waals surface area contributed by atoms with Crippen LogP contribution in [0.3, 0.4) is 0 Å². The first-order valence-electron chi connectivity index (χ1n) is 38.5. The summed E-state index contributed by atoms with van der Waals surface area (Å²) in [6.45, 7) is 13.9. The van der Waals surface area contributed by atoms with Gasteiger partial charge in [-0.05, 0) is 130 Å². The minimum atomic E-state index is -5.24. The van der Waals surface area contributed by atoms with Gasteiger partial charge in [-0.15, -0.1) is 0 Å². The number of anilines is 1. The van der Waals surface area contributed by atoms with Crippen molar-refractivity contribution < 1.29 is 65.2 Å². The zero-order chi connectivity index (χ0) is 83.3. The van der Waals surface area contributed by atoms with Crippen LogP contribution in [0.4, 0.5) is 11.8 Å². The lowest BCUT2D eigenvalue weighted by molar-refractivity contribution is -0.119. The van der Waals surface area contributed by atoms with E-state index in [1.807, 2.05) is 135 Å². The molecule has 5 N–H and O–H groups in total. The average Bonchev–Trinajstić information content (AvgIpc) is 1.44. The summed E-state index contributed by atoms with van der Waals surface area (Å²) in [6.07, 6.45) is -4.18. The van der Waals surface area contributed by atoms with Crippen molar-refractivity contribution in [2.24, 2.45) is 10.9 Å². The summed E-state index contributed by atoms with van der Waals surface area (Å²) in [5.74, 6) is -0.713. The molecule has 4 aliphatic rings. The number of fused-ring (bicyclic) bond motifs is 2. The lowest BCUT2D eigenvalue weighted by Gasteiger charge is -2.37. The molecule has 3 fully saturated rings. The first-order valence-corrected chi connectivity index (χ1v) is 41.9. The monoisotopic (exact) mass is 1690 g/mol. The maximum atomic E-state index is 16.9. The van der Waals surface area contributed by atoms with Gasteiger partial charge in [0.2, 0.25) is 11.9 Å². The lowest BCUT2D eigenvalue weighted by atomic mass is 9.79. The molecule has 8 heterocycles. The number of rotatable bonds is 32. The number of aryl methyl sites for hydroxylation is 1. The van der Waals surface area contributed by atoms with Gasteiger partial charge in [0.05, 0.1) is 82.8 Å². The van der Waals surface area contributed by atoms with Gasteiger partial charge in [0, 0.05) is 65.5 Å². The number of aromatic nitrogens is 8. The first kappa shape index (κ1) is 84.2. The van der Waals surface area contributed by atoms with E-state index in [2.05, 4.69) is 37.0 Å². The zero-order valence-electron chi connectivity index (χ0n) is 66.2. The van der Waals surface area contributed by atoms with Crippen molar-refractivity contribution in [3.8, 4) is 23.3 Å². The van der Waals surface area contributed by atoms with Gasteiger partial charge < -0.3 is 52.6 Å². The molecule has 10 aromatic rings. The molecule has 0 aliphatic carbocycles. The van der Waals surface area contributed by atoms with Crippen molar-refractivity contribution in [1.82, 2.24) is 53.9 Å². The number of phosphoric ester groups is 1. The van der Waals surface area contributed by atoms with E-state index >= 15 is 4.57 Å². The molecule has 0 saturated carbocycles. The fraction of sp³-hybridized carbons (Fsp3) is 0.373. The molecule has 2 amide bonds. The Morgan fingerprint density at radius 1 is 0.729 bits per heavy atom. The number of hydrogen-bond donors (Lipinski definition) is 5. The third-order valence-corrected chi connectivity index (χ3v) is 25.3. The number of phosphoric acid groups is 1. The van der Waals surface area contributed by atoms with E-state index < -0.39 is 118 Å². The summed E-state index contributed by atoms with van der Waals surface area (Å²) in [4.78, 5) is 91.8. The predicted octanol–water partition coefficient (Wildman–Crippen LogP) is 14.4. The molecule has 0 bridgehead atoms. The Hall–Kier alpha value is -10.3. The molecule has 3 saturated heterocycles. The lowest BCUT2D eigenvalue weighted by Crippen LogP contribution is -2.39. The number of aliphatic imine (C=N–C) groups is 1. The van der Waals surface area contributed by atoms with Crippen LogP contribution in [-0.2, 0) is 52.0 Å². The zero-order valence-corrected chi connectivity index (χ0v) is 69.5. The van der Waals surface area contributed by atoms with Crippen LogP contribution >= 0.6 is 39.6 Å². The molecule has 14 rings (SSSR count). The number of carbonyl (C=O) groups is 2. The van der Waals surface area contributed by atoms with E-state index in [4.69, 9.17) is 89.2 Å². The Morgan fingerprint density at radius 2 is 1.36 bits per heavy atom. The fourth-order valence-electron chi connectivity index (χ4n) is 15.2. The van der Waals surface area contributed by atoms with E-state index in [1.165, 1.54) is 40.1 Å². The maximum absolute atomic E-state index is 16.9. The topological polar surface area (TPSA) is 364 Å². The molecule has 618 valence electrons. The number of para-hydroxylation sites is 1. The van der Waals surface area contributed by atoms with Crippen LogP contribution in [-0.4, -0.2) is 132 Å². The van der Waals surface area contributed by atoms with Gasteiger partial charge in [-0.2, -0.15) is 10.2 Å². The average molecular weight is 1690 g/mol. The third-order valence-electron chi connectivity index (χ3n) is 21.0. The largest absolute Gasteiger partial charge is 0.530 e. The van der Waals surface area contributed by atoms with Crippen molar-refractivity contribution in [2.75, 3.05) is 39.4 Å². The van der Waals surface area contributed by atoms with Crippen LogP contribution in [0.15, 0.2) is 184 Å². The van der Waals surface area contributed by atoms with Crippen LogP contribution in [0.25, 0.3) is 11.2 Å². The summed E-state index contributed by atoms with van der Waals surface area (Å²) in [5, 5.41) is 18.9. The number of nitrogens with zero attached hydrogens (tertiary/aromatic N) is 9. The molecule has 118 heavy (non-hydrogen) atoms. The number of hydrogen-bond acceptors (Lipinski definition) is 24. The van der Waals surface area contributed by atoms with Crippen molar-refractivity contribution in [1.29, 1.82) is 5.26 Å². The quantitative estimate of drug-likeness (QED) is 0.0148. The van der Waals surface area contributed by atoms with Gasteiger partial charge in [-0.1, -0.05) is 128 Å². The Kier molecular flexibility index (Phi) is 26.1. The maximum Gasteiger partial charge on any atom is 0.530 e. The number of nitriles is 1. The Labute approximate surface area is 690 Å². The number of benzene rings is 6. The SMILES string of the molecule is COc1ccc(C(OC[C@@H]2O[C@@H](n3cnc4c3N=CNC4NC(=O)c3ccccc3)C[C@H]2c2ccc(Cl)c(C)c2[C@H]2O[C@@H](n3cnc4c(=O)[nH]c(NC(=O)C(C)C)nc43)C[C@@H]2OP(=O)(OC[C@H]2O[C@@H](n3cc(C)c(=O)[nH]c3=O)C[C@@H]2OP(OCCC#N)N(C(C)C)C(C)C)Oc2ccccc2Cl)(c2ccccc2)c2ccc(OC)cc2)cc1. The minimum Gasteiger partial charge on any atom is -0.497 e. The number of halogens is 2. The Morgan fingerprint density at radius 3 is 2.03 bits per heavy atom. The second-order valence-electron chi connectivity index (χ2n) is 29.6. The molecule has 12 atom stereocenters. The molecule has 35 heteroatoms. The molecule has 4 aromatic heterocycles. The van der Waals surface area contributed by atoms with Crippen LogP contribution in [0.5, 0.6) is 17.2 Å². The van der Waals surface area contributed by atoms with Crippen molar-refractivity contribution in [2.45, 2.75) is 160 Å². The van der Waals surface area contributed by atoms with Gasteiger partial charge in [0.25, 0.3) is 25.6 Å². The summed E-state index contributed by atoms with van der Waals surface area (Å²) in [6, 6.07) is 45.6. The molecule has 31 nitrogen and oxygen atoms in total. The molecular weight excluding hydrogens is 1600 g/mol. The number of carbonyl (C=O) groups excluding carboxylic acids is 2. The van der Waals surface area contributed by atoms with Gasteiger partial charge in [0.15, 0.2) is 17.0 Å². The summed E-state index contributed by atoms with van der Waals surface area (Å²) in [7, 11) is -4.05. The predicted molar refractivity (Wildman–Crippen MR) is 440 cm³/mol. The number of H-pyrrole nitrogens is 2. The van der Waals surface area contributed by atoms with Gasteiger partial charge in [-0.25, -0.2) is 29.0 Å². The third kappa shape index (κ3) is 17.9. The Bertz CT molecular complexity index is 5520. The normalized spacial score (nSPS) is 21.2. The van der Waals surface area contributed by atoms with E-state index in [-0.39, 0.29) is 95.4 Å². The number of amides is 2. The highest BCUT2D eigenvalue weighted by Crippen LogP contribution is 2.59. The summed E-state index contributed by atoms with van der Waals surface area (Å²) >= 11 is 14.4. The van der Waals surface area contributed by atoms with Gasteiger partial charge >= 0.3 is 13.5 Å². The van der Waals surface area contributed by atoms with Crippen molar-refractivity contribution >= 4 is 80.6 Å². The highest BCUT2D eigenvalue weighted by Gasteiger charge is 2.52. The second-order valence-corrected chi connectivity index (χ2v) is 33.4. The van der Waals surface area contributed by atoms with E-state index in [1.54, 1.807) is 83.8 Å². The molecule has 0 radical (unpaired) electrons. The number of nitrogens with one attached hydrogen (secondary N) is 5. The fourth-order valence-corrected chi connectivity index (χ4v) is 18.7. The van der Waals surface area contributed by atoms with Crippen LogP contribution < -0.4 is 46.8 Å². The Balaban J connectivity index is 0.909. The van der Waals surface area contributed by atoms with Crippen LogP contribution in [0.2, 0.25) is 10.0 Å². The molecule has 0 spiro atoms. The number of ether oxygens (including phenoxy) is 6. The summed E-state index contributed by atoms with van der Waals surface area (Å²) in [5.41, 5.74) is 1.24. The molecule has 3 unspecified atom stereocenters. The first-order chi connectivity index (χ1) is 56.8. The van der Waals surface area contributed by atoms with Gasteiger partial charge in [-0.3, -0.25) is 57.2 Å². The van der Waals surface area contributed by atoms with Crippen molar-refractivity contribution in [3.05, 3.63) is 256 Å². The standard InChI is InChI=1S/C83H90Cl2N14O17P2/c1-47(2)77(100)93-81-92-76-72(80(103)94-81)90-46-98(76)69-40-64(116-118(105,115-62-25-18-17-24-61(62)85)110-43-66-63(39-68(112-66)96-41-50(7)78(101)95-82(96)104)114-117(109-37-19-36-86)99(48(3)4)49(5)6)73(113-69)70-51(8)60(84)35-34-58(70)59-38-67(97-45-89-71-74(87-44-88-75(71)97)91-79(102)52-20-13-11-14-21-52)111-65(59)42-108-83(53-22-15-12-16-23-53,54-26-30-56(106-9)31-27-54)55-28-32-57(107-10)33-29-55/h11-18,20-35,41,44-49,59,63-69,73-74H,19,37-40,42-43H2,1-10H3,(H,87,88)(H,91,102)(H,95,101,104)(H2,92,93,94,100,103)/t59-,63-,64-,65-,66+,67+,68+,69+,73-,74?,117?,118?/m0/s1. The number of aromatic amines is 2. The summed E-state index contributed by atoms with van der Waals surface area (Å²) < 4.78 is 98.1.